The summed E-state index contributed by atoms with van der Waals surface area (Å²) in [5.74, 6) is -0.0227. The fraction of sp³-hybridized carbons (Fsp3) is 0.684. The Labute approximate surface area is 147 Å². The zero-order chi connectivity index (χ0) is 17.4. The molecule has 1 aromatic rings. The fourth-order valence-corrected chi connectivity index (χ4v) is 4.04. The van der Waals surface area contributed by atoms with Gasteiger partial charge in [0.2, 0.25) is 5.91 Å². The number of aryl methyl sites for hydroxylation is 1. The van der Waals surface area contributed by atoms with E-state index in [1.54, 1.807) is 0 Å². The molecular weight excluding hydrogens is 323 g/mol. The topological polar surface area (TPSA) is 51.7 Å². The smallest absolute Gasteiger partial charge is 0.226 e. The molecule has 5 nitrogen and oxygen atoms in total. The van der Waals surface area contributed by atoms with Gasteiger partial charge in [-0.3, -0.25) is 9.78 Å². The third-order valence-corrected chi connectivity index (χ3v) is 5.56. The molecule has 2 saturated heterocycles. The number of carbonyl (C=O) groups excluding carboxylic acids is 1. The lowest BCUT2D eigenvalue weighted by Crippen LogP contribution is -2.68. The summed E-state index contributed by atoms with van der Waals surface area (Å²) < 4.78 is 25.0. The van der Waals surface area contributed by atoms with Crippen LogP contribution in [0.4, 0.5) is 4.39 Å². The third kappa shape index (κ3) is 3.55. The van der Waals surface area contributed by atoms with Crippen LogP contribution in [0.25, 0.3) is 0 Å². The molecular formula is C19H25FN2O3. The molecule has 25 heavy (non-hydrogen) atoms. The number of hydrogen-bond acceptors (Lipinski definition) is 4. The molecule has 136 valence electrons. The number of amides is 1. The van der Waals surface area contributed by atoms with Crippen molar-refractivity contribution in [1.29, 1.82) is 0 Å². The van der Waals surface area contributed by atoms with Gasteiger partial charge in [-0.1, -0.05) is 6.07 Å². The summed E-state index contributed by atoms with van der Waals surface area (Å²) in [6, 6.07) is 5.94. The molecule has 1 aliphatic carbocycles. The van der Waals surface area contributed by atoms with Crippen LogP contribution in [0.1, 0.15) is 37.1 Å². The summed E-state index contributed by atoms with van der Waals surface area (Å²) in [5, 5.41) is 0. The van der Waals surface area contributed by atoms with E-state index in [-0.39, 0.29) is 23.5 Å². The van der Waals surface area contributed by atoms with Gasteiger partial charge in [-0.05, 0) is 38.3 Å². The lowest BCUT2D eigenvalue weighted by atomic mass is 9.79. The van der Waals surface area contributed by atoms with Gasteiger partial charge in [0.25, 0.3) is 0 Å². The van der Waals surface area contributed by atoms with Gasteiger partial charge in [-0.25, -0.2) is 4.39 Å². The molecule has 4 rings (SSSR count). The Morgan fingerprint density at radius 2 is 2.24 bits per heavy atom. The van der Waals surface area contributed by atoms with E-state index in [1.807, 2.05) is 30.0 Å². The van der Waals surface area contributed by atoms with E-state index in [2.05, 4.69) is 4.98 Å². The molecule has 0 aromatic carbocycles. The minimum atomic E-state index is -0.789. The SMILES string of the molecule is Cc1cccc(CO[C@H]2CCOC3(C2)CN(C(=O)C2CC(F)C2)C3)n1. The second-order valence-electron chi connectivity index (χ2n) is 7.69. The second-order valence-corrected chi connectivity index (χ2v) is 7.69. The van der Waals surface area contributed by atoms with Gasteiger partial charge in [0, 0.05) is 24.6 Å². The fourth-order valence-electron chi connectivity index (χ4n) is 4.04. The van der Waals surface area contributed by atoms with Crippen LogP contribution < -0.4 is 0 Å². The minimum absolute atomic E-state index is 0.0927. The first kappa shape index (κ1) is 16.9. The largest absolute Gasteiger partial charge is 0.372 e. The van der Waals surface area contributed by atoms with E-state index in [1.165, 1.54) is 0 Å². The Morgan fingerprint density at radius 3 is 2.96 bits per heavy atom. The lowest BCUT2D eigenvalue weighted by Gasteiger charge is -2.54. The number of alkyl halides is 1. The zero-order valence-corrected chi connectivity index (χ0v) is 14.6. The monoisotopic (exact) mass is 348 g/mol. The van der Waals surface area contributed by atoms with Crippen molar-refractivity contribution >= 4 is 5.91 Å². The Kier molecular flexibility index (Phi) is 4.50. The van der Waals surface area contributed by atoms with Crippen molar-refractivity contribution < 1.29 is 18.7 Å². The predicted molar refractivity (Wildman–Crippen MR) is 89.7 cm³/mol. The average Bonchev–Trinajstić information content (AvgIpc) is 2.55. The highest BCUT2D eigenvalue weighted by molar-refractivity contribution is 5.81. The molecule has 3 aliphatic rings. The normalized spacial score (nSPS) is 30.6. The number of rotatable bonds is 4. The first-order valence-corrected chi connectivity index (χ1v) is 9.14. The van der Waals surface area contributed by atoms with Gasteiger partial charge in [0.15, 0.2) is 0 Å². The maximum absolute atomic E-state index is 12.9. The number of pyridine rings is 1. The van der Waals surface area contributed by atoms with Gasteiger partial charge < -0.3 is 14.4 Å². The van der Waals surface area contributed by atoms with E-state index in [9.17, 15) is 9.18 Å². The maximum atomic E-state index is 12.9. The van der Waals surface area contributed by atoms with Crippen molar-refractivity contribution in [2.45, 2.75) is 57.1 Å². The molecule has 1 spiro atoms. The van der Waals surface area contributed by atoms with E-state index in [4.69, 9.17) is 9.47 Å². The molecule has 1 saturated carbocycles. The second kappa shape index (κ2) is 6.65. The number of halogens is 1. The highest BCUT2D eigenvalue weighted by atomic mass is 19.1. The third-order valence-electron chi connectivity index (χ3n) is 5.56. The number of nitrogens with zero attached hydrogens (tertiary/aromatic N) is 2. The van der Waals surface area contributed by atoms with E-state index < -0.39 is 6.17 Å². The molecule has 1 atom stereocenters. The Morgan fingerprint density at radius 1 is 1.44 bits per heavy atom. The zero-order valence-electron chi connectivity index (χ0n) is 14.6. The van der Waals surface area contributed by atoms with Crippen molar-refractivity contribution in [3.63, 3.8) is 0 Å². The van der Waals surface area contributed by atoms with Crippen LogP contribution in [-0.4, -0.2) is 53.4 Å². The van der Waals surface area contributed by atoms with Crippen LogP contribution in [0.5, 0.6) is 0 Å². The molecule has 1 amide bonds. The summed E-state index contributed by atoms with van der Waals surface area (Å²) in [5.41, 5.74) is 1.67. The van der Waals surface area contributed by atoms with Crippen LogP contribution in [0.2, 0.25) is 0 Å². The highest BCUT2D eigenvalue weighted by Crippen LogP contribution is 2.39. The van der Waals surface area contributed by atoms with Crippen LogP contribution in [0.15, 0.2) is 18.2 Å². The first-order chi connectivity index (χ1) is 12.0. The molecule has 0 N–H and O–H groups in total. The van der Waals surface area contributed by atoms with Gasteiger partial charge in [0.1, 0.15) is 11.8 Å². The molecule has 6 heteroatoms. The molecule has 3 heterocycles. The Bertz CT molecular complexity index is 641. The number of likely N-dealkylation sites (tertiary alicyclic amines) is 1. The highest BCUT2D eigenvalue weighted by Gasteiger charge is 2.51. The number of aromatic nitrogens is 1. The minimum Gasteiger partial charge on any atom is -0.372 e. The van der Waals surface area contributed by atoms with E-state index in [0.29, 0.717) is 39.1 Å². The average molecular weight is 348 g/mol. The molecule has 0 unspecified atom stereocenters. The van der Waals surface area contributed by atoms with E-state index in [0.717, 1.165) is 24.2 Å². The molecule has 0 radical (unpaired) electrons. The number of hydrogen-bond donors (Lipinski definition) is 0. The van der Waals surface area contributed by atoms with Gasteiger partial charge >= 0.3 is 0 Å². The van der Waals surface area contributed by atoms with Crippen LogP contribution in [0.3, 0.4) is 0 Å². The van der Waals surface area contributed by atoms with Crippen LogP contribution >= 0.6 is 0 Å². The molecule has 3 fully saturated rings. The Balaban J connectivity index is 1.26. The summed E-state index contributed by atoms with van der Waals surface area (Å²) in [6.07, 6.45) is 1.79. The number of ether oxygens (including phenoxy) is 2. The van der Waals surface area contributed by atoms with Gasteiger partial charge in [-0.15, -0.1) is 0 Å². The lowest BCUT2D eigenvalue weighted by molar-refractivity contribution is -0.206. The van der Waals surface area contributed by atoms with Crippen molar-refractivity contribution in [3.8, 4) is 0 Å². The summed E-state index contributed by atoms with van der Waals surface area (Å²) in [6.45, 7) is 4.36. The predicted octanol–water partition coefficient (Wildman–Crippen LogP) is 2.41. The summed E-state index contributed by atoms with van der Waals surface area (Å²) >= 11 is 0. The molecule has 0 bridgehead atoms. The molecule has 2 aliphatic heterocycles. The van der Waals surface area contributed by atoms with E-state index >= 15 is 0 Å². The maximum Gasteiger partial charge on any atom is 0.226 e. The standard InChI is InChI=1S/C19H25FN2O3/c1-13-3-2-4-16(21-13)10-24-17-5-6-25-19(9-17)11-22(12-19)18(23)14-7-15(20)8-14/h2-4,14-15,17H,5-12H2,1H3/t14?,15?,17-/m0/s1. The van der Waals surface area contributed by atoms with Crippen molar-refractivity contribution in [1.82, 2.24) is 9.88 Å². The quantitative estimate of drug-likeness (QED) is 0.839. The van der Waals surface area contributed by atoms with Gasteiger partial charge in [0.05, 0.1) is 31.5 Å². The van der Waals surface area contributed by atoms with Crippen molar-refractivity contribution in [2.24, 2.45) is 5.92 Å². The first-order valence-electron chi connectivity index (χ1n) is 9.14. The molecule has 1 aromatic heterocycles. The Hall–Kier alpha value is -1.53. The van der Waals surface area contributed by atoms with Crippen LogP contribution in [0, 0.1) is 12.8 Å². The van der Waals surface area contributed by atoms with Crippen molar-refractivity contribution in [3.05, 3.63) is 29.6 Å². The van der Waals surface area contributed by atoms with Crippen LogP contribution in [-0.2, 0) is 20.9 Å². The van der Waals surface area contributed by atoms with Crippen molar-refractivity contribution in [2.75, 3.05) is 19.7 Å². The summed E-state index contributed by atoms with van der Waals surface area (Å²) in [4.78, 5) is 18.6. The number of carbonyl (C=O) groups is 1. The summed E-state index contributed by atoms with van der Waals surface area (Å²) in [7, 11) is 0. The van der Waals surface area contributed by atoms with Gasteiger partial charge in [-0.2, -0.15) is 0 Å².